The molecular weight excluding hydrogens is 350 g/mol. The van der Waals surface area contributed by atoms with Crippen LogP contribution < -0.4 is 10.9 Å². The molecule has 0 atom stereocenters. The molecule has 5 nitrogen and oxygen atoms in total. The van der Waals surface area contributed by atoms with Gasteiger partial charge in [0.1, 0.15) is 0 Å². The van der Waals surface area contributed by atoms with Crippen LogP contribution in [0.2, 0.25) is 5.02 Å². The third-order valence-corrected chi connectivity index (χ3v) is 4.49. The first-order valence-corrected chi connectivity index (χ1v) is 8.96. The number of carbonyl (C=O) groups is 1. The largest absolute Gasteiger partial charge is 0.320 e. The normalized spacial score (nSPS) is 10.9. The monoisotopic (exact) mass is 369 g/mol. The van der Waals surface area contributed by atoms with Gasteiger partial charge in [-0.2, -0.15) is 5.10 Å². The van der Waals surface area contributed by atoms with Crippen molar-refractivity contribution in [2.45, 2.75) is 33.2 Å². The molecule has 0 unspecified atom stereocenters. The molecule has 1 N–H and O–H groups in total. The van der Waals surface area contributed by atoms with Gasteiger partial charge in [0.25, 0.3) is 11.5 Å². The Morgan fingerprint density at radius 1 is 1.19 bits per heavy atom. The van der Waals surface area contributed by atoms with Crippen LogP contribution in [0.4, 0.5) is 5.69 Å². The van der Waals surface area contributed by atoms with E-state index in [1.54, 1.807) is 36.4 Å². The van der Waals surface area contributed by atoms with E-state index in [9.17, 15) is 9.59 Å². The van der Waals surface area contributed by atoms with Gasteiger partial charge in [0.2, 0.25) is 0 Å². The second-order valence-electron chi connectivity index (χ2n) is 6.19. The van der Waals surface area contributed by atoms with Crippen LogP contribution >= 0.6 is 11.6 Å². The highest BCUT2D eigenvalue weighted by Crippen LogP contribution is 2.22. The van der Waals surface area contributed by atoms with Crippen molar-refractivity contribution in [1.29, 1.82) is 0 Å². The minimum absolute atomic E-state index is 0.176. The predicted molar refractivity (Wildman–Crippen MR) is 105 cm³/mol. The van der Waals surface area contributed by atoms with E-state index < -0.39 is 0 Å². The number of hydrogen-bond donors (Lipinski definition) is 1. The number of unbranched alkanes of at least 4 members (excludes halogenated alkanes) is 1. The first kappa shape index (κ1) is 18.1. The van der Waals surface area contributed by atoms with Gasteiger partial charge in [-0.05, 0) is 37.1 Å². The minimum atomic E-state index is -0.364. The van der Waals surface area contributed by atoms with Gasteiger partial charge in [0.05, 0.1) is 5.39 Å². The number of nitrogens with one attached hydrogen (secondary N) is 1. The summed E-state index contributed by atoms with van der Waals surface area (Å²) in [4.78, 5) is 25.5. The second kappa shape index (κ2) is 7.70. The zero-order chi connectivity index (χ0) is 18.7. The number of carbonyl (C=O) groups excluding carboxylic acids is 1. The summed E-state index contributed by atoms with van der Waals surface area (Å²) < 4.78 is 1.38. The van der Waals surface area contributed by atoms with Gasteiger partial charge in [0, 0.05) is 22.6 Å². The van der Waals surface area contributed by atoms with Crippen molar-refractivity contribution < 1.29 is 4.79 Å². The van der Waals surface area contributed by atoms with E-state index in [2.05, 4.69) is 10.4 Å². The van der Waals surface area contributed by atoms with Crippen molar-refractivity contribution in [2.24, 2.45) is 0 Å². The van der Waals surface area contributed by atoms with Crippen LogP contribution in [0.3, 0.4) is 0 Å². The Morgan fingerprint density at radius 3 is 2.65 bits per heavy atom. The predicted octanol–water partition coefficient (Wildman–Crippen LogP) is 4.41. The topological polar surface area (TPSA) is 64.0 Å². The minimum Gasteiger partial charge on any atom is -0.320 e. The Balaban J connectivity index is 2.08. The highest BCUT2D eigenvalue weighted by Gasteiger charge is 2.17. The third kappa shape index (κ3) is 3.63. The zero-order valence-electron chi connectivity index (χ0n) is 14.8. The van der Waals surface area contributed by atoms with Crippen molar-refractivity contribution in [3.63, 3.8) is 0 Å². The molecule has 0 saturated carbocycles. The zero-order valence-corrected chi connectivity index (χ0v) is 15.5. The average Bonchev–Trinajstić information content (AvgIpc) is 2.64. The van der Waals surface area contributed by atoms with E-state index in [-0.39, 0.29) is 17.2 Å². The number of halogens is 1. The van der Waals surface area contributed by atoms with Crippen LogP contribution in [0.1, 0.15) is 35.8 Å². The van der Waals surface area contributed by atoms with Crippen molar-refractivity contribution in [2.75, 3.05) is 5.32 Å². The summed E-state index contributed by atoms with van der Waals surface area (Å²) in [6, 6.07) is 12.4. The molecule has 2 aromatic carbocycles. The standard InChI is InChI=1S/C20H20ClN3O2/c1-3-4-11-24-20(26)16-8-6-5-7-15(16)18(23-24)19(25)22-17-12-14(21)10-9-13(17)2/h5-10,12H,3-4,11H2,1-2H3,(H,22,25). The molecule has 3 aromatic rings. The summed E-state index contributed by atoms with van der Waals surface area (Å²) in [7, 11) is 0. The molecule has 0 spiro atoms. The van der Waals surface area contributed by atoms with Gasteiger partial charge < -0.3 is 5.32 Å². The smallest absolute Gasteiger partial charge is 0.276 e. The molecule has 3 rings (SSSR count). The summed E-state index contributed by atoms with van der Waals surface area (Å²) in [6.45, 7) is 4.41. The molecule has 0 bridgehead atoms. The number of aromatic nitrogens is 2. The van der Waals surface area contributed by atoms with E-state index in [0.717, 1.165) is 18.4 Å². The summed E-state index contributed by atoms with van der Waals surface area (Å²) in [5.41, 5.74) is 1.58. The van der Waals surface area contributed by atoms with Crippen molar-refractivity contribution in [1.82, 2.24) is 9.78 Å². The molecule has 0 fully saturated rings. The highest BCUT2D eigenvalue weighted by molar-refractivity contribution is 6.31. The maximum Gasteiger partial charge on any atom is 0.276 e. The summed E-state index contributed by atoms with van der Waals surface area (Å²) in [6.07, 6.45) is 1.75. The van der Waals surface area contributed by atoms with Crippen LogP contribution in [0.15, 0.2) is 47.3 Å². The molecule has 0 aliphatic rings. The second-order valence-corrected chi connectivity index (χ2v) is 6.63. The number of amides is 1. The fraction of sp³-hybridized carbons (Fsp3) is 0.250. The van der Waals surface area contributed by atoms with Crippen molar-refractivity contribution in [3.8, 4) is 0 Å². The number of aryl methyl sites for hydroxylation is 2. The van der Waals surface area contributed by atoms with Crippen LogP contribution in [0, 0.1) is 6.92 Å². The Labute approximate surface area is 156 Å². The third-order valence-electron chi connectivity index (χ3n) is 4.25. The van der Waals surface area contributed by atoms with Crippen molar-refractivity contribution >= 4 is 34.0 Å². The summed E-state index contributed by atoms with van der Waals surface area (Å²) in [5.74, 6) is -0.364. The van der Waals surface area contributed by atoms with E-state index in [4.69, 9.17) is 11.6 Å². The van der Waals surface area contributed by atoms with Crippen LogP contribution in [0.5, 0.6) is 0 Å². The first-order chi connectivity index (χ1) is 12.5. The number of anilines is 1. The summed E-state index contributed by atoms with van der Waals surface area (Å²) in [5, 5.41) is 8.78. The van der Waals surface area contributed by atoms with E-state index in [1.807, 2.05) is 19.9 Å². The molecule has 1 heterocycles. The van der Waals surface area contributed by atoms with E-state index in [1.165, 1.54) is 4.68 Å². The number of fused-ring (bicyclic) bond motifs is 1. The molecule has 26 heavy (non-hydrogen) atoms. The van der Waals surface area contributed by atoms with Crippen LogP contribution in [0.25, 0.3) is 10.8 Å². The molecule has 6 heteroatoms. The molecule has 0 saturated heterocycles. The molecular formula is C20H20ClN3O2. The molecule has 0 aliphatic heterocycles. The maximum atomic E-state index is 12.9. The Bertz CT molecular complexity index is 1030. The summed E-state index contributed by atoms with van der Waals surface area (Å²) >= 11 is 6.03. The Kier molecular flexibility index (Phi) is 5.38. The maximum absolute atomic E-state index is 12.9. The number of rotatable bonds is 5. The Hall–Kier alpha value is -2.66. The average molecular weight is 370 g/mol. The molecule has 0 radical (unpaired) electrons. The lowest BCUT2D eigenvalue weighted by Gasteiger charge is -2.12. The van der Waals surface area contributed by atoms with Crippen molar-refractivity contribution in [3.05, 3.63) is 69.1 Å². The van der Waals surface area contributed by atoms with Crippen LogP contribution in [-0.4, -0.2) is 15.7 Å². The fourth-order valence-electron chi connectivity index (χ4n) is 2.77. The van der Waals surface area contributed by atoms with Crippen LogP contribution in [-0.2, 0) is 6.54 Å². The lowest BCUT2D eigenvalue weighted by molar-refractivity contribution is 0.102. The molecule has 0 aliphatic carbocycles. The van der Waals surface area contributed by atoms with E-state index >= 15 is 0 Å². The van der Waals surface area contributed by atoms with E-state index in [0.29, 0.717) is 28.0 Å². The fourth-order valence-corrected chi connectivity index (χ4v) is 2.94. The number of hydrogen-bond acceptors (Lipinski definition) is 3. The Morgan fingerprint density at radius 2 is 1.92 bits per heavy atom. The molecule has 1 amide bonds. The van der Waals surface area contributed by atoms with Gasteiger partial charge in [-0.15, -0.1) is 0 Å². The lowest BCUT2D eigenvalue weighted by Crippen LogP contribution is -2.27. The van der Waals surface area contributed by atoms with Gasteiger partial charge in [0.15, 0.2) is 5.69 Å². The molecule has 1 aromatic heterocycles. The van der Waals surface area contributed by atoms with Gasteiger partial charge in [-0.3, -0.25) is 9.59 Å². The molecule has 134 valence electrons. The quantitative estimate of drug-likeness (QED) is 0.724. The van der Waals surface area contributed by atoms with Gasteiger partial charge >= 0.3 is 0 Å². The van der Waals surface area contributed by atoms with Gasteiger partial charge in [-0.25, -0.2) is 4.68 Å². The number of nitrogens with zero attached hydrogens (tertiary/aromatic N) is 2. The highest BCUT2D eigenvalue weighted by atomic mass is 35.5. The number of benzene rings is 2. The van der Waals surface area contributed by atoms with Gasteiger partial charge in [-0.1, -0.05) is 49.2 Å². The lowest BCUT2D eigenvalue weighted by atomic mass is 10.1. The first-order valence-electron chi connectivity index (χ1n) is 8.58. The SMILES string of the molecule is CCCCn1nc(C(=O)Nc2cc(Cl)ccc2C)c2ccccc2c1=O.